The predicted molar refractivity (Wildman–Crippen MR) is 422 cm³/mol. The number of pyridine rings is 4. The number of hydrogen-bond donors (Lipinski definition) is 0. The van der Waals surface area contributed by atoms with Crippen molar-refractivity contribution in [2.45, 2.75) is 255 Å². The lowest BCUT2D eigenvalue weighted by Crippen LogP contribution is -2.37. The van der Waals surface area contributed by atoms with Crippen molar-refractivity contribution in [2.75, 3.05) is 7.11 Å². The number of hydrogen-bond acceptors (Lipinski definition) is 3. The van der Waals surface area contributed by atoms with Gasteiger partial charge in [-0.25, -0.2) is 9.97 Å². The summed E-state index contributed by atoms with van der Waals surface area (Å²) in [5.74, 6) is 0.882. The molecule has 0 amide bonds. The minimum Gasteiger partial charge on any atom is -0.497 e. The molecule has 0 N–H and O–H groups in total. The van der Waals surface area contributed by atoms with E-state index in [0.717, 1.165) is 118 Å². The lowest BCUT2D eigenvalue weighted by Gasteiger charge is -2.22. The standard InChI is InChI=1S/C90H112N4OSi/c1-13-21-29-39-73-75(41-31-23-15-3)87-59-79-62(34-25-17-5)38-33-43-85(79)93(87)89-81(73)57-77-63(35-26-18-6)48-68(54-83(77)91-89)66-51-67(53-72(52-66)96(10,11)12)69-49-64(36-27-19-7)78-58-82-74(40-30-22-14-2)76(42-32-24-16-4)88-60-80-65(37-28-20-8)50-70(61-44-46-71(95-9)47-45-61)56-86(80)94(88)90(82)92-84(78)55-69/h33,38,43-60H,13-32,34-37,39-42H2,1-12H3. The highest BCUT2D eigenvalue weighted by Gasteiger charge is 2.26. The molecule has 0 fully saturated rings. The highest BCUT2D eigenvalue weighted by Crippen LogP contribution is 2.43. The third-order valence-electron chi connectivity index (χ3n) is 21.6. The topological polar surface area (TPSA) is 43.8 Å². The summed E-state index contributed by atoms with van der Waals surface area (Å²) >= 11 is 0. The van der Waals surface area contributed by atoms with E-state index in [1.807, 2.05) is 0 Å². The second kappa shape index (κ2) is 31.1. The summed E-state index contributed by atoms with van der Waals surface area (Å²) in [6.07, 6.45) is 32.3. The molecule has 12 rings (SSSR count). The Kier molecular flexibility index (Phi) is 22.2. The second-order valence-electron chi connectivity index (χ2n) is 29.7. The van der Waals surface area contributed by atoms with Crippen LogP contribution in [0.15, 0.2) is 121 Å². The van der Waals surface area contributed by atoms with Gasteiger partial charge in [-0.15, -0.1) is 0 Å². The van der Waals surface area contributed by atoms with Crippen molar-refractivity contribution in [3.05, 3.63) is 166 Å². The Morgan fingerprint density at radius 1 is 0.312 bits per heavy atom. The number of benzene rings is 6. The molecule has 0 bridgehead atoms. The van der Waals surface area contributed by atoms with Gasteiger partial charge in [-0.3, -0.25) is 8.80 Å². The van der Waals surface area contributed by atoms with Gasteiger partial charge in [-0.1, -0.05) is 212 Å². The number of ether oxygens (including phenoxy) is 1. The molecule has 6 aromatic carbocycles. The molecule has 12 aromatic rings. The molecule has 5 nitrogen and oxygen atoms in total. The first kappa shape index (κ1) is 68.6. The van der Waals surface area contributed by atoms with E-state index in [4.69, 9.17) is 14.7 Å². The number of rotatable bonds is 33. The van der Waals surface area contributed by atoms with E-state index in [-0.39, 0.29) is 0 Å². The van der Waals surface area contributed by atoms with Crippen LogP contribution in [0.25, 0.3) is 110 Å². The second-order valence-corrected chi connectivity index (χ2v) is 34.8. The van der Waals surface area contributed by atoms with Crippen LogP contribution in [0.2, 0.25) is 19.6 Å². The van der Waals surface area contributed by atoms with E-state index in [1.165, 1.54) is 216 Å². The molecule has 0 radical (unpaired) electrons. The number of unbranched alkanes of at least 4 members (excludes halogenated alkanes) is 12. The summed E-state index contributed by atoms with van der Waals surface area (Å²) in [5, 5.41) is 9.59. The van der Waals surface area contributed by atoms with Crippen LogP contribution in [0.3, 0.4) is 0 Å². The summed E-state index contributed by atoms with van der Waals surface area (Å²) in [5.41, 5.74) is 29.2. The summed E-state index contributed by atoms with van der Waals surface area (Å²) in [4.78, 5) is 12.2. The molecule has 6 heteroatoms. The van der Waals surface area contributed by atoms with Gasteiger partial charge in [-0.05, 0) is 247 Å². The fraction of sp³-hybridized carbons (Fsp3) is 0.444. The first-order valence-corrected chi connectivity index (χ1v) is 41.9. The largest absolute Gasteiger partial charge is 0.497 e. The van der Waals surface area contributed by atoms with Crippen LogP contribution < -0.4 is 9.92 Å². The molecule has 0 spiro atoms. The zero-order valence-electron chi connectivity index (χ0n) is 61.0. The highest BCUT2D eigenvalue weighted by atomic mass is 28.3. The lowest BCUT2D eigenvalue weighted by molar-refractivity contribution is 0.415. The van der Waals surface area contributed by atoms with E-state index >= 15 is 0 Å². The molecule has 6 heterocycles. The van der Waals surface area contributed by atoms with Crippen molar-refractivity contribution in [2.24, 2.45) is 0 Å². The molecule has 0 saturated heterocycles. The molecule has 0 unspecified atom stereocenters. The van der Waals surface area contributed by atoms with Crippen molar-refractivity contribution in [1.82, 2.24) is 18.8 Å². The molecular formula is C90H112N4OSi. The molecule has 0 aliphatic heterocycles. The van der Waals surface area contributed by atoms with Crippen molar-refractivity contribution < 1.29 is 4.74 Å². The van der Waals surface area contributed by atoms with Gasteiger partial charge in [0, 0.05) is 32.3 Å². The van der Waals surface area contributed by atoms with Gasteiger partial charge in [0.15, 0.2) is 0 Å². The van der Waals surface area contributed by atoms with E-state index in [2.05, 4.69) is 205 Å². The predicted octanol–water partition coefficient (Wildman–Crippen LogP) is 25.8. The summed E-state index contributed by atoms with van der Waals surface area (Å²) in [6.45, 7) is 26.3. The van der Waals surface area contributed by atoms with Crippen molar-refractivity contribution in [3.8, 4) is 39.1 Å². The lowest BCUT2D eigenvalue weighted by atomic mass is 9.90. The molecule has 96 heavy (non-hydrogen) atoms. The Labute approximate surface area is 576 Å². The monoisotopic (exact) mass is 1290 g/mol. The Balaban J connectivity index is 1.11. The van der Waals surface area contributed by atoms with Gasteiger partial charge in [0.2, 0.25) is 0 Å². The minimum atomic E-state index is -1.89. The van der Waals surface area contributed by atoms with Gasteiger partial charge in [0.05, 0.1) is 48.3 Å². The molecule has 0 saturated carbocycles. The number of nitrogens with zero attached hydrogens (tertiary/aromatic N) is 4. The molecule has 6 aromatic heterocycles. The minimum absolute atomic E-state index is 0.882. The number of fused-ring (bicyclic) bond motifs is 12. The Morgan fingerprint density at radius 2 is 0.708 bits per heavy atom. The Morgan fingerprint density at radius 3 is 1.15 bits per heavy atom. The van der Waals surface area contributed by atoms with E-state index in [0.29, 0.717) is 0 Å². The van der Waals surface area contributed by atoms with E-state index < -0.39 is 8.07 Å². The summed E-state index contributed by atoms with van der Waals surface area (Å²) < 4.78 is 10.9. The first-order chi connectivity index (χ1) is 46.9. The normalized spacial score (nSPS) is 12.3. The van der Waals surface area contributed by atoms with Crippen LogP contribution in [-0.2, 0) is 51.4 Å². The van der Waals surface area contributed by atoms with E-state index in [9.17, 15) is 0 Å². The van der Waals surface area contributed by atoms with Crippen molar-refractivity contribution in [1.29, 1.82) is 0 Å². The van der Waals surface area contributed by atoms with Crippen LogP contribution in [0, 0.1) is 0 Å². The van der Waals surface area contributed by atoms with Gasteiger partial charge < -0.3 is 4.74 Å². The molecular weight excluding hydrogens is 1180 g/mol. The van der Waals surface area contributed by atoms with Gasteiger partial charge in [0.1, 0.15) is 17.0 Å². The first-order valence-electron chi connectivity index (χ1n) is 38.4. The SMILES string of the molecule is CCCCCc1c(CCCCC)c2cc3c(CCCC)cccc3n2c2nc3cc(-c4cc(-c5cc(CCCC)c6cc7c(CCCCC)c(CCCCC)c8cc9c(CCCC)cc(-c%10ccc(OC)cc%10)cc9n8c7nc6c5)cc([Si](C)(C)C)c4)cc(CCCC)c3cc12. The Bertz CT molecular complexity index is 4720. The third-order valence-corrected chi connectivity index (χ3v) is 23.6. The van der Waals surface area contributed by atoms with Gasteiger partial charge >= 0.3 is 0 Å². The van der Waals surface area contributed by atoms with Gasteiger partial charge in [-0.2, -0.15) is 0 Å². The van der Waals surface area contributed by atoms with Crippen LogP contribution in [-0.4, -0.2) is 34.0 Å². The summed E-state index contributed by atoms with van der Waals surface area (Å²) in [7, 11) is -0.131. The summed E-state index contributed by atoms with van der Waals surface area (Å²) in [6, 6.07) is 48.9. The van der Waals surface area contributed by atoms with E-state index in [1.54, 1.807) is 18.2 Å². The fourth-order valence-corrected chi connectivity index (χ4v) is 17.2. The zero-order valence-corrected chi connectivity index (χ0v) is 62.0. The van der Waals surface area contributed by atoms with Gasteiger partial charge in [0.25, 0.3) is 0 Å². The molecule has 502 valence electrons. The fourth-order valence-electron chi connectivity index (χ4n) is 16.0. The number of aryl methyl sites for hydroxylation is 8. The van der Waals surface area contributed by atoms with Crippen molar-refractivity contribution >= 4 is 90.0 Å². The Hall–Kier alpha value is -7.28. The quantitative estimate of drug-likeness (QED) is 0.0234. The molecule has 0 atom stereocenters. The average molecular weight is 1290 g/mol. The van der Waals surface area contributed by atoms with Crippen molar-refractivity contribution in [3.63, 3.8) is 0 Å². The maximum atomic E-state index is 6.13. The maximum Gasteiger partial charge on any atom is 0.145 e. The smallest absolute Gasteiger partial charge is 0.145 e. The van der Waals surface area contributed by atoms with Crippen LogP contribution in [0.4, 0.5) is 0 Å². The maximum absolute atomic E-state index is 6.13. The number of methoxy groups -OCH3 is 1. The van der Waals surface area contributed by atoms with Crippen LogP contribution in [0.1, 0.15) is 228 Å². The zero-order chi connectivity index (χ0) is 67.0. The molecule has 0 aliphatic rings. The molecule has 0 aliphatic carbocycles. The average Bonchev–Trinajstić information content (AvgIpc) is 1.48. The highest BCUT2D eigenvalue weighted by molar-refractivity contribution is 6.88. The van der Waals surface area contributed by atoms with Crippen LogP contribution >= 0.6 is 0 Å². The van der Waals surface area contributed by atoms with Crippen LogP contribution in [0.5, 0.6) is 5.75 Å². The third kappa shape index (κ3) is 14.1. The number of aromatic nitrogens is 4.